The third kappa shape index (κ3) is 3.29. The van der Waals surface area contributed by atoms with Gasteiger partial charge in [0, 0.05) is 5.38 Å². The summed E-state index contributed by atoms with van der Waals surface area (Å²) in [6.07, 6.45) is 0. The van der Waals surface area contributed by atoms with Gasteiger partial charge in [0.25, 0.3) is 5.91 Å². The van der Waals surface area contributed by atoms with Crippen molar-refractivity contribution in [3.05, 3.63) is 49.5 Å². The lowest BCUT2D eigenvalue weighted by molar-refractivity contribution is 0.0697. The fraction of sp³-hybridized carbons (Fsp3) is 0. The van der Waals surface area contributed by atoms with Crippen LogP contribution in [0.5, 0.6) is 0 Å². The predicted octanol–water partition coefficient (Wildman–Crippen LogP) is 3.44. The number of carbonyl (C=O) groups excluding carboxylic acids is 1. The van der Waals surface area contributed by atoms with E-state index in [1.165, 1.54) is 17.4 Å². The van der Waals surface area contributed by atoms with Gasteiger partial charge in [-0.3, -0.25) is 4.79 Å². The summed E-state index contributed by atoms with van der Waals surface area (Å²) in [5, 5.41) is 13.1. The predicted molar refractivity (Wildman–Crippen MR) is 78.3 cm³/mol. The zero-order valence-corrected chi connectivity index (χ0v) is 12.3. The van der Waals surface area contributed by atoms with Crippen LogP contribution in [-0.4, -0.2) is 17.0 Å². The molecule has 0 unspecified atom stereocenters. The van der Waals surface area contributed by atoms with Crippen LogP contribution < -0.4 is 5.32 Å². The van der Waals surface area contributed by atoms with Crippen LogP contribution in [0.25, 0.3) is 0 Å². The number of carboxylic acids is 1. The van der Waals surface area contributed by atoms with Gasteiger partial charge in [0.2, 0.25) is 0 Å². The highest BCUT2D eigenvalue weighted by Crippen LogP contribution is 2.21. The van der Waals surface area contributed by atoms with E-state index in [4.69, 9.17) is 5.11 Å². The summed E-state index contributed by atoms with van der Waals surface area (Å²) in [5.74, 6) is -2.39. The van der Waals surface area contributed by atoms with Crippen molar-refractivity contribution in [2.45, 2.75) is 0 Å². The molecular weight excluding hydrogens is 384 g/mol. The number of anilines is 1. The molecular formula is C12H7FINO3S. The molecule has 0 spiro atoms. The maximum Gasteiger partial charge on any atom is 0.337 e. The first-order valence-corrected chi connectivity index (χ1v) is 7.01. The van der Waals surface area contributed by atoms with E-state index in [0.717, 1.165) is 15.0 Å². The topological polar surface area (TPSA) is 66.4 Å². The molecule has 0 radical (unpaired) electrons. The molecule has 1 aromatic heterocycles. The Morgan fingerprint density at radius 3 is 2.63 bits per heavy atom. The summed E-state index contributed by atoms with van der Waals surface area (Å²) in [5.41, 5.74) is 0.230. The molecule has 0 fully saturated rings. The van der Waals surface area contributed by atoms with Crippen LogP contribution in [0.3, 0.4) is 0 Å². The van der Waals surface area contributed by atoms with E-state index in [0.29, 0.717) is 5.56 Å². The molecule has 2 aromatic rings. The molecule has 0 aliphatic carbocycles. The Labute approximate surface area is 125 Å². The second-order valence-electron chi connectivity index (χ2n) is 3.59. The highest BCUT2D eigenvalue weighted by Gasteiger charge is 2.15. The number of halogens is 2. The Balaban J connectivity index is 2.28. The quantitative estimate of drug-likeness (QED) is 0.788. The Bertz CT molecular complexity index is 656. The van der Waals surface area contributed by atoms with Gasteiger partial charge >= 0.3 is 5.97 Å². The van der Waals surface area contributed by atoms with Crippen LogP contribution in [0.15, 0.2) is 29.6 Å². The normalized spacial score (nSPS) is 10.2. The standard InChI is InChI=1S/C12H7FINO3S/c13-7-1-2-9(8(4-7)12(17)18)15-11(16)6-3-10(14)19-5-6/h1-5H,(H,15,16)(H,17,18). The minimum atomic E-state index is -1.30. The lowest BCUT2D eigenvalue weighted by Crippen LogP contribution is -2.14. The van der Waals surface area contributed by atoms with Crippen molar-refractivity contribution in [3.63, 3.8) is 0 Å². The van der Waals surface area contributed by atoms with Gasteiger partial charge in [0.15, 0.2) is 0 Å². The van der Waals surface area contributed by atoms with Crippen molar-refractivity contribution in [1.82, 2.24) is 0 Å². The number of aromatic carboxylic acids is 1. The van der Waals surface area contributed by atoms with Gasteiger partial charge in [-0.25, -0.2) is 9.18 Å². The number of amides is 1. The van der Waals surface area contributed by atoms with Gasteiger partial charge in [0.05, 0.1) is 19.7 Å². The number of thiophene rings is 1. The molecule has 4 nitrogen and oxygen atoms in total. The molecule has 7 heteroatoms. The molecule has 2 N–H and O–H groups in total. The number of nitrogens with one attached hydrogen (secondary N) is 1. The van der Waals surface area contributed by atoms with Crippen LogP contribution in [0.4, 0.5) is 10.1 Å². The van der Waals surface area contributed by atoms with E-state index >= 15 is 0 Å². The molecule has 0 aliphatic rings. The van der Waals surface area contributed by atoms with Crippen molar-refractivity contribution < 1.29 is 19.1 Å². The number of hydrogen-bond acceptors (Lipinski definition) is 3. The fourth-order valence-corrected chi connectivity index (χ4v) is 2.75. The molecule has 1 heterocycles. The van der Waals surface area contributed by atoms with E-state index in [2.05, 4.69) is 27.9 Å². The number of hydrogen-bond donors (Lipinski definition) is 2. The Kier molecular flexibility index (Phi) is 4.15. The molecule has 0 bridgehead atoms. The van der Waals surface area contributed by atoms with E-state index in [-0.39, 0.29) is 11.3 Å². The second-order valence-corrected chi connectivity index (χ2v) is 6.39. The van der Waals surface area contributed by atoms with E-state index < -0.39 is 17.7 Å². The van der Waals surface area contributed by atoms with Gasteiger partial charge in [0.1, 0.15) is 5.82 Å². The lowest BCUT2D eigenvalue weighted by Gasteiger charge is -2.07. The van der Waals surface area contributed by atoms with Gasteiger partial charge in [-0.05, 0) is 46.9 Å². The molecule has 1 aromatic carbocycles. The molecule has 0 saturated carbocycles. The van der Waals surface area contributed by atoms with Gasteiger partial charge < -0.3 is 10.4 Å². The summed E-state index contributed by atoms with van der Waals surface area (Å²) < 4.78 is 13.9. The van der Waals surface area contributed by atoms with Crippen molar-refractivity contribution in [1.29, 1.82) is 0 Å². The molecule has 19 heavy (non-hydrogen) atoms. The molecule has 0 aliphatic heterocycles. The maximum atomic E-state index is 13.0. The lowest BCUT2D eigenvalue weighted by atomic mass is 10.1. The Morgan fingerprint density at radius 2 is 2.05 bits per heavy atom. The first-order valence-electron chi connectivity index (χ1n) is 5.05. The number of carbonyl (C=O) groups is 2. The first kappa shape index (κ1) is 13.9. The largest absolute Gasteiger partial charge is 0.478 e. The van der Waals surface area contributed by atoms with Gasteiger partial charge in [-0.2, -0.15) is 0 Å². The summed E-state index contributed by atoms with van der Waals surface area (Å²) >= 11 is 3.49. The first-order chi connectivity index (χ1) is 8.97. The molecule has 2 rings (SSSR count). The number of benzene rings is 1. The van der Waals surface area contributed by atoms with Crippen molar-refractivity contribution in [2.75, 3.05) is 5.32 Å². The Hall–Kier alpha value is -1.48. The smallest absolute Gasteiger partial charge is 0.337 e. The average molecular weight is 391 g/mol. The summed E-state index contributed by atoms with van der Waals surface area (Å²) in [4.78, 5) is 22.9. The van der Waals surface area contributed by atoms with Crippen molar-refractivity contribution >= 4 is 51.5 Å². The third-order valence-corrected chi connectivity index (χ3v) is 4.08. The molecule has 0 saturated heterocycles. The van der Waals surface area contributed by atoms with E-state index in [9.17, 15) is 14.0 Å². The Morgan fingerprint density at radius 1 is 1.32 bits per heavy atom. The maximum absolute atomic E-state index is 13.0. The molecule has 0 atom stereocenters. The number of rotatable bonds is 3. The van der Waals surface area contributed by atoms with Crippen LogP contribution in [0.1, 0.15) is 20.7 Å². The zero-order valence-electron chi connectivity index (χ0n) is 9.31. The van der Waals surface area contributed by atoms with Crippen LogP contribution in [0, 0.1) is 8.70 Å². The minimum Gasteiger partial charge on any atom is -0.478 e. The van der Waals surface area contributed by atoms with Crippen molar-refractivity contribution in [2.24, 2.45) is 0 Å². The van der Waals surface area contributed by atoms with Crippen LogP contribution >= 0.6 is 33.9 Å². The number of carboxylic acid groups (broad SMARTS) is 1. The highest BCUT2D eigenvalue weighted by atomic mass is 127. The minimum absolute atomic E-state index is 0.0695. The zero-order chi connectivity index (χ0) is 14.0. The van der Waals surface area contributed by atoms with E-state index in [1.54, 1.807) is 11.4 Å². The third-order valence-electron chi connectivity index (χ3n) is 2.29. The monoisotopic (exact) mass is 391 g/mol. The van der Waals surface area contributed by atoms with Crippen LogP contribution in [-0.2, 0) is 0 Å². The average Bonchev–Trinajstić information content (AvgIpc) is 2.78. The summed E-state index contributed by atoms with van der Waals surface area (Å²) in [7, 11) is 0. The summed E-state index contributed by atoms with van der Waals surface area (Å²) in [6, 6.07) is 4.88. The van der Waals surface area contributed by atoms with Gasteiger partial charge in [-0.1, -0.05) is 0 Å². The van der Waals surface area contributed by atoms with E-state index in [1.807, 2.05) is 0 Å². The van der Waals surface area contributed by atoms with Crippen molar-refractivity contribution in [3.8, 4) is 0 Å². The fourth-order valence-electron chi connectivity index (χ4n) is 1.43. The SMILES string of the molecule is O=C(Nc1ccc(F)cc1C(=O)O)c1csc(I)c1. The highest BCUT2D eigenvalue weighted by molar-refractivity contribution is 14.1. The van der Waals surface area contributed by atoms with Crippen LogP contribution in [0.2, 0.25) is 0 Å². The molecule has 1 amide bonds. The molecule has 98 valence electrons. The van der Waals surface area contributed by atoms with Gasteiger partial charge in [-0.15, -0.1) is 11.3 Å². The summed E-state index contributed by atoms with van der Waals surface area (Å²) in [6.45, 7) is 0. The second kappa shape index (κ2) is 5.66.